The minimum Gasteiger partial charge on any atom is -0.326 e. The van der Waals surface area contributed by atoms with E-state index in [1.807, 2.05) is 12.1 Å². The van der Waals surface area contributed by atoms with Gasteiger partial charge in [0, 0.05) is 12.6 Å². The van der Waals surface area contributed by atoms with Crippen LogP contribution < -0.4 is 5.32 Å². The predicted molar refractivity (Wildman–Crippen MR) is 71.1 cm³/mol. The summed E-state index contributed by atoms with van der Waals surface area (Å²) in [7, 11) is 0. The van der Waals surface area contributed by atoms with Gasteiger partial charge in [-0.2, -0.15) is 0 Å². The van der Waals surface area contributed by atoms with E-state index in [2.05, 4.69) is 24.4 Å². The lowest BCUT2D eigenvalue weighted by molar-refractivity contribution is -0.114. The zero-order valence-electron chi connectivity index (χ0n) is 10.7. The molecule has 0 aliphatic heterocycles. The highest BCUT2D eigenvalue weighted by Crippen LogP contribution is 2.37. The average Bonchev–Trinajstić information content (AvgIpc) is 2.30. The van der Waals surface area contributed by atoms with Gasteiger partial charge >= 0.3 is 0 Å². The van der Waals surface area contributed by atoms with E-state index in [9.17, 15) is 4.79 Å². The summed E-state index contributed by atoms with van der Waals surface area (Å²) < 4.78 is 0. The summed E-state index contributed by atoms with van der Waals surface area (Å²) in [5.41, 5.74) is 2.32. The number of carbonyl (C=O) groups is 1. The van der Waals surface area contributed by atoms with Crippen molar-refractivity contribution in [2.45, 2.75) is 45.4 Å². The summed E-state index contributed by atoms with van der Waals surface area (Å²) in [6.45, 7) is 3.89. The molecule has 2 nitrogen and oxygen atoms in total. The van der Waals surface area contributed by atoms with E-state index in [4.69, 9.17) is 0 Å². The molecule has 1 aliphatic rings. The molecule has 1 N–H and O–H groups in total. The van der Waals surface area contributed by atoms with E-state index in [0.29, 0.717) is 5.92 Å². The molecule has 92 valence electrons. The fraction of sp³-hybridized carbons (Fsp3) is 0.533. The van der Waals surface area contributed by atoms with Crippen LogP contribution in [0.1, 0.15) is 51.0 Å². The second-order valence-corrected chi connectivity index (χ2v) is 5.17. The van der Waals surface area contributed by atoms with Crippen molar-refractivity contribution in [3.05, 3.63) is 29.8 Å². The number of nitrogens with one attached hydrogen (secondary N) is 1. The molecule has 1 fully saturated rings. The van der Waals surface area contributed by atoms with E-state index >= 15 is 0 Å². The maximum absolute atomic E-state index is 10.9. The van der Waals surface area contributed by atoms with Crippen LogP contribution in [0.4, 0.5) is 5.69 Å². The Morgan fingerprint density at radius 2 is 1.82 bits per heavy atom. The number of carbonyl (C=O) groups excluding carboxylic acids is 1. The molecule has 0 unspecified atom stereocenters. The summed E-state index contributed by atoms with van der Waals surface area (Å²) in [5, 5.41) is 2.81. The van der Waals surface area contributed by atoms with Crippen molar-refractivity contribution < 1.29 is 4.79 Å². The lowest BCUT2D eigenvalue weighted by Crippen LogP contribution is -2.14. The predicted octanol–water partition coefficient (Wildman–Crippen LogP) is 3.94. The van der Waals surface area contributed by atoms with E-state index in [0.717, 1.165) is 11.6 Å². The molecule has 1 aromatic carbocycles. The smallest absolute Gasteiger partial charge is 0.221 e. The van der Waals surface area contributed by atoms with E-state index in [-0.39, 0.29) is 5.91 Å². The van der Waals surface area contributed by atoms with Gasteiger partial charge in [-0.1, -0.05) is 38.3 Å². The van der Waals surface area contributed by atoms with Crippen LogP contribution in [0.25, 0.3) is 0 Å². The molecule has 2 heteroatoms. The summed E-state index contributed by atoms with van der Waals surface area (Å²) in [4.78, 5) is 10.9. The molecule has 1 aliphatic carbocycles. The molecule has 0 spiro atoms. The van der Waals surface area contributed by atoms with Gasteiger partial charge in [-0.15, -0.1) is 0 Å². The summed E-state index contributed by atoms with van der Waals surface area (Å²) >= 11 is 0. The summed E-state index contributed by atoms with van der Waals surface area (Å²) in [5.74, 6) is 1.48. The Morgan fingerprint density at radius 1 is 1.18 bits per heavy atom. The van der Waals surface area contributed by atoms with Crippen LogP contribution in [0.5, 0.6) is 0 Å². The summed E-state index contributed by atoms with van der Waals surface area (Å²) in [6.07, 6.45) is 5.38. The molecule has 1 saturated carbocycles. The van der Waals surface area contributed by atoms with Crippen LogP contribution in [0.2, 0.25) is 0 Å². The Balaban J connectivity index is 2.08. The van der Waals surface area contributed by atoms with Gasteiger partial charge in [-0.3, -0.25) is 4.79 Å². The molecule has 0 bridgehead atoms. The van der Waals surface area contributed by atoms with Crippen molar-refractivity contribution >= 4 is 11.6 Å². The molecule has 2 atom stereocenters. The monoisotopic (exact) mass is 231 g/mol. The van der Waals surface area contributed by atoms with Crippen LogP contribution in [0.3, 0.4) is 0 Å². The molecule has 1 aromatic rings. The topological polar surface area (TPSA) is 29.1 Å². The van der Waals surface area contributed by atoms with Gasteiger partial charge in [0.1, 0.15) is 0 Å². The lowest BCUT2D eigenvalue weighted by atomic mass is 9.76. The number of amides is 1. The van der Waals surface area contributed by atoms with Crippen molar-refractivity contribution in [1.82, 2.24) is 0 Å². The Hall–Kier alpha value is -1.31. The number of anilines is 1. The zero-order chi connectivity index (χ0) is 12.3. The quantitative estimate of drug-likeness (QED) is 0.820. The van der Waals surface area contributed by atoms with Crippen molar-refractivity contribution in [2.75, 3.05) is 5.32 Å². The van der Waals surface area contributed by atoms with Crippen molar-refractivity contribution in [3.8, 4) is 0 Å². The highest BCUT2D eigenvalue weighted by molar-refractivity contribution is 5.88. The molecule has 2 rings (SSSR count). The van der Waals surface area contributed by atoms with Crippen LogP contribution in [0.15, 0.2) is 24.3 Å². The first-order chi connectivity index (χ1) is 8.16. The van der Waals surface area contributed by atoms with Crippen LogP contribution >= 0.6 is 0 Å². The maximum atomic E-state index is 10.9. The van der Waals surface area contributed by atoms with Crippen LogP contribution in [-0.4, -0.2) is 5.91 Å². The molecule has 0 saturated heterocycles. The third kappa shape index (κ3) is 3.09. The highest BCUT2D eigenvalue weighted by atomic mass is 16.1. The largest absolute Gasteiger partial charge is 0.326 e. The molecule has 1 amide bonds. The molecule has 0 heterocycles. The first-order valence-electron chi connectivity index (χ1n) is 6.54. The molecular formula is C15H21NO. The lowest BCUT2D eigenvalue weighted by Gasteiger charge is -2.29. The molecule has 0 radical (unpaired) electrons. The number of hydrogen-bond acceptors (Lipinski definition) is 1. The standard InChI is InChI=1S/C15H21NO/c1-11-5-3-4-6-15(11)13-7-9-14(10-8-13)16-12(2)17/h7-11,15H,3-6H2,1-2H3,(H,16,17)/t11-,15-/m0/s1. The van der Waals surface area contributed by atoms with Crippen molar-refractivity contribution in [1.29, 1.82) is 0 Å². The maximum Gasteiger partial charge on any atom is 0.221 e. The average molecular weight is 231 g/mol. The zero-order valence-corrected chi connectivity index (χ0v) is 10.7. The first kappa shape index (κ1) is 12.2. The Bertz CT molecular complexity index is 382. The Kier molecular flexibility index (Phi) is 3.82. The third-order valence-electron chi connectivity index (χ3n) is 3.77. The fourth-order valence-corrected chi connectivity index (χ4v) is 2.83. The molecular weight excluding hydrogens is 210 g/mol. The van der Waals surface area contributed by atoms with Gasteiger partial charge in [0.25, 0.3) is 0 Å². The van der Waals surface area contributed by atoms with Gasteiger partial charge in [-0.25, -0.2) is 0 Å². The Morgan fingerprint density at radius 3 is 2.41 bits per heavy atom. The summed E-state index contributed by atoms with van der Waals surface area (Å²) in [6, 6.07) is 8.35. The Labute approximate surface area is 103 Å². The van der Waals surface area contributed by atoms with Gasteiger partial charge in [-0.05, 0) is 36.0 Å². The van der Waals surface area contributed by atoms with Crippen molar-refractivity contribution in [2.24, 2.45) is 5.92 Å². The number of hydrogen-bond donors (Lipinski definition) is 1. The first-order valence-corrected chi connectivity index (χ1v) is 6.54. The second kappa shape index (κ2) is 5.35. The van der Waals surface area contributed by atoms with Crippen LogP contribution in [0, 0.1) is 5.92 Å². The van der Waals surface area contributed by atoms with Gasteiger partial charge in [0.05, 0.1) is 0 Å². The van der Waals surface area contributed by atoms with E-state index < -0.39 is 0 Å². The third-order valence-corrected chi connectivity index (χ3v) is 3.77. The minimum atomic E-state index is -0.0104. The van der Waals surface area contributed by atoms with Gasteiger partial charge in [0.2, 0.25) is 5.91 Å². The SMILES string of the molecule is CC(=O)Nc1ccc([C@H]2CCCC[C@@H]2C)cc1. The molecule has 17 heavy (non-hydrogen) atoms. The molecule has 0 aromatic heterocycles. The van der Waals surface area contributed by atoms with Gasteiger partial charge in [0.15, 0.2) is 0 Å². The second-order valence-electron chi connectivity index (χ2n) is 5.17. The highest BCUT2D eigenvalue weighted by Gasteiger charge is 2.22. The van der Waals surface area contributed by atoms with E-state index in [1.54, 1.807) is 0 Å². The number of rotatable bonds is 2. The van der Waals surface area contributed by atoms with Gasteiger partial charge < -0.3 is 5.32 Å². The van der Waals surface area contributed by atoms with E-state index in [1.165, 1.54) is 38.2 Å². The normalized spacial score (nSPS) is 24.4. The minimum absolute atomic E-state index is 0.0104. The number of benzene rings is 1. The van der Waals surface area contributed by atoms with Crippen molar-refractivity contribution in [3.63, 3.8) is 0 Å². The fourth-order valence-electron chi connectivity index (χ4n) is 2.83. The van der Waals surface area contributed by atoms with Crippen LogP contribution in [-0.2, 0) is 4.79 Å².